The molecule has 0 unspecified atom stereocenters. The van der Waals surface area contributed by atoms with E-state index in [9.17, 15) is 4.79 Å². The lowest BCUT2D eigenvalue weighted by Gasteiger charge is -2.53. The molecule has 7 nitrogen and oxygen atoms in total. The summed E-state index contributed by atoms with van der Waals surface area (Å²) in [6, 6.07) is 14.7. The monoisotopic (exact) mass is 441 g/mol. The summed E-state index contributed by atoms with van der Waals surface area (Å²) < 4.78 is 9.13. The molecule has 1 saturated heterocycles. The van der Waals surface area contributed by atoms with Crippen LogP contribution in [-0.2, 0) is 25.3 Å². The summed E-state index contributed by atoms with van der Waals surface area (Å²) in [5.74, 6) is -0.0926. The molecule has 1 N–H and O–H groups in total. The van der Waals surface area contributed by atoms with Crippen LogP contribution in [0.3, 0.4) is 0 Å². The fraction of sp³-hybridized carbons (Fsp3) is 0.346. The van der Waals surface area contributed by atoms with Crippen LogP contribution in [0.1, 0.15) is 34.5 Å². The van der Waals surface area contributed by atoms with Gasteiger partial charge in [0.1, 0.15) is 11.3 Å². The first-order valence-electron chi connectivity index (χ1n) is 11.4. The van der Waals surface area contributed by atoms with E-state index in [1.165, 1.54) is 5.56 Å². The van der Waals surface area contributed by atoms with Gasteiger partial charge < -0.3 is 14.6 Å². The highest BCUT2D eigenvalue weighted by molar-refractivity contribution is 5.96. The molecule has 3 aromatic heterocycles. The van der Waals surface area contributed by atoms with Crippen molar-refractivity contribution in [2.75, 3.05) is 13.2 Å². The van der Waals surface area contributed by atoms with Crippen molar-refractivity contribution >= 4 is 16.9 Å². The summed E-state index contributed by atoms with van der Waals surface area (Å²) in [5.41, 5.74) is 5.98. The van der Waals surface area contributed by atoms with Gasteiger partial charge >= 0.3 is 0 Å². The number of hydrogen-bond acceptors (Lipinski definition) is 4. The molecule has 1 saturated carbocycles. The van der Waals surface area contributed by atoms with Crippen LogP contribution < -0.4 is 5.32 Å². The van der Waals surface area contributed by atoms with Crippen LogP contribution in [0.5, 0.6) is 0 Å². The van der Waals surface area contributed by atoms with E-state index in [1.807, 2.05) is 47.9 Å². The predicted molar refractivity (Wildman–Crippen MR) is 126 cm³/mol. The molecule has 0 atom stereocenters. The Morgan fingerprint density at radius 1 is 1.12 bits per heavy atom. The van der Waals surface area contributed by atoms with Crippen LogP contribution in [-0.4, -0.2) is 44.5 Å². The molecule has 1 aromatic carbocycles. The maximum atomic E-state index is 13.0. The molecule has 33 heavy (non-hydrogen) atoms. The van der Waals surface area contributed by atoms with Crippen LogP contribution in [0.4, 0.5) is 0 Å². The number of nitrogens with one attached hydrogen (secondary N) is 1. The number of benzene rings is 1. The molecular weight excluding hydrogens is 414 g/mol. The van der Waals surface area contributed by atoms with Gasteiger partial charge in [-0.15, -0.1) is 0 Å². The molecule has 2 aliphatic rings. The van der Waals surface area contributed by atoms with Gasteiger partial charge in [-0.2, -0.15) is 5.10 Å². The Labute approximate surface area is 192 Å². The zero-order valence-corrected chi connectivity index (χ0v) is 18.9. The molecule has 168 valence electrons. The predicted octanol–water partition coefficient (Wildman–Crippen LogP) is 3.47. The SMILES string of the molecule is Cn1ccc(-c2ccc(Cc3cc(C(=O)NC4CC5(COC5)C4)nc4c3ccn4C)cc2)n1. The number of aryl methyl sites for hydroxylation is 2. The summed E-state index contributed by atoms with van der Waals surface area (Å²) in [7, 11) is 3.89. The van der Waals surface area contributed by atoms with Crippen LogP contribution in [0.15, 0.2) is 54.9 Å². The fourth-order valence-electron chi connectivity index (χ4n) is 5.12. The lowest BCUT2D eigenvalue weighted by Crippen LogP contribution is -2.59. The average Bonchev–Trinajstić information content (AvgIpc) is 3.35. The Morgan fingerprint density at radius 3 is 2.58 bits per heavy atom. The Kier molecular flexibility index (Phi) is 4.62. The number of pyridine rings is 1. The largest absolute Gasteiger partial charge is 0.380 e. The Morgan fingerprint density at radius 2 is 1.91 bits per heavy atom. The Hall–Kier alpha value is -3.45. The third-order valence-electron chi connectivity index (χ3n) is 7.02. The normalized spacial score (nSPS) is 17.2. The first kappa shape index (κ1) is 20.2. The van der Waals surface area contributed by atoms with Crippen molar-refractivity contribution in [2.24, 2.45) is 19.5 Å². The number of nitrogens with zero attached hydrogens (tertiary/aromatic N) is 4. The van der Waals surface area contributed by atoms with Crippen molar-refractivity contribution in [3.8, 4) is 11.3 Å². The van der Waals surface area contributed by atoms with Gasteiger partial charge in [0, 0.05) is 48.9 Å². The molecule has 4 heterocycles. The third kappa shape index (κ3) is 3.62. The molecule has 1 amide bonds. The lowest BCUT2D eigenvalue weighted by molar-refractivity contribution is -0.165. The van der Waals surface area contributed by atoms with Crippen molar-refractivity contribution in [1.82, 2.24) is 24.6 Å². The van der Waals surface area contributed by atoms with Gasteiger partial charge in [-0.1, -0.05) is 24.3 Å². The Balaban J connectivity index is 1.24. The van der Waals surface area contributed by atoms with E-state index in [4.69, 9.17) is 9.72 Å². The topological polar surface area (TPSA) is 74.0 Å². The van der Waals surface area contributed by atoms with Crippen molar-refractivity contribution in [2.45, 2.75) is 25.3 Å². The molecule has 4 aromatic rings. The number of amides is 1. The number of carbonyl (C=O) groups excluding carboxylic acids is 1. The lowest BCUT2D eigenvalue weighted by atomic mass is 9.64. The highest BCUT2D eigenvalue weighted by Gasteiger charge is 2.50. The van der Waals surface area contributed by atoms with Gasteiger partial charge in [0.25, 0.3) is 5.91 Å². The second kappa shape index (κ2) is 7.56. The minimum absolute atomic E-state index is 0.0926. The zero-order chi connectivity index (χ0) is 22.6. The highest BCUT2D eigenvalue weighted by atomic mass is 16.5. The fourth-order valence-corrected chi connectivity index (χ4v) is 5.12. The molecule has 1 aliphatic carbocycles. The summed E-state index contributed by atoms with van der Waals surface area (Å²) in [5, 5.41) is 8.73. The summed E-state index contributed by atoms with van der Waals surface area (Å²) in [6.07, 6.45) is 6.68. The van der Waals surface area contributed by atoms with Gasteiger partial charge in [-0.25, -0.2) is 4.98 Å². The van der Waals surface area contributed by atoms with Gasteiger partial charge in [-0.05, 0) is 48.6 Å². The number of hydrogen-bond donors (Lipinski definition) is 1. The van der Waals surface area contributed by atoms with Crippen LogP contribution in [0.2, 0.25) is 0 Å². The van der Waals surface area contributed by atoms with Gasteiger partial charge in [0.15, 0.2) is 0 Å². The van der Waals surface area contributed by atoms with Crippen molar-refractivity contribution < 1.29 is 9.53 Å². The highest BCUT2D eigenvalue weighted by Crippen LogP contribution is 2.46. The summed E-state index contributed by atoms with van der Waals surface area (Å²) in [6.45, 7) is 1.66. The molecule has 1 aliphatic heterocycles. The number of fused-ring (bicyclic) bond motifs is 1. The Bertz CT molecular complexity index is 1340. The molecule has 6 rings (SSSR count). The van der Waals surface area contributed by atoms with Crippen molar-refractivity contribution in [3.63, 3.8) is 0 Å². The molecule has 7 heteroatoms. The van der Waals surface area contributed by atoms with E-state index >= 15 is 0 Å². The van der Waals surface area contributed by atoms with Crippen molar-refractivity contribution in [1.29, 1.82) is 0 Å². The number of carbonyl (C=O) groups is 1. The first-order chi connectivity index (χ1) is 16.0. The van der Waals surface area contributed by atoms with Gasteiger partial charge in [0.05, 0.1) is 18.9 Å². The molecule has 2 fully saturated rings. The molecular formula is C26H27N5O2. The van der Waals surface area contributed by atoms with Gasteiger partial charge in [-0.3, -0.25) is 9.48 Å². The molecule has 0 radical (unpaired) electrons. The first-order valence-corrected chi connectivity index (χ1v) is 11.4. The van der Waals surface area contributed by atoms with E-state index in [0.29, 0.717) is 11.1 Å². The number of aromatic nitrogens is 4. The maximum absolute atomic E-state index is 13.0. The third-order valence-corrected chi connectivity index (χ3v) is 7.02. The minimum atomic E-state index is -0.0926. The van der Waals surface area contributed by atoms with Crippen LogP contribution in [0, 0.1) is 5.41 Å². The van der Waals surface area contributed by atoms with Crippen LogP contribution in [0.25, 0.3) is 22.3 Å². The van der Waals surface area contributed by atoms with E-state index in [1.54, 1.807) is 0 Å². The van der Waals surface area contributed by atoms with E-state index in [-0.39, 0.29) is 11.9 Å². The van der Waals surface area contributed by atoms with E-state index in [2.05, 4.69) is 40.7 Å². The maximum Gasteiger partial charge on any atom is 0.270 e. The average molecular weight is 442 g/mol. The second-order valence-electron chi connectivity index (χ2n) is 9.65. The number of ether oxygens (including phenoxy) is 1. The molecule has 1 spiro atoms. The smallest absolute Gasteiger partial charge is 0.270 e. The van der Waals surface area contributed by atoms with Crippen LogP contribution >= 0.6 is 0 Å². The van der Waals surface area contributed by atoms with E-state index in [0.717, 1.165) is 60.3 Å². The van der Waals surface area contributed by atoms with Crippen molar-refractivity contribution in [3.05, 3.63) is 71.7 Å². The zero-order valence-electron chi connectivity index (χ0n) is 18.9. The quantitative estimate of drug-likeness (QED) is 0.515. The van der Waals surface area contributed by atoms with Gasteiger partial charge in [0.2, 0.25) is 0 Å². The second-order valence-corrected chi connectivity index (χ2v) is 9.65. The summed E-state index contributed by atoms with van der Waals surface area (Å²) in [4.78, 5) is 17.7. The molecule has 0 bridgehead atoms. The number of rotatable bonds is 5. The minimum Gasteiger partial charge on any atom is -0.380 e. The standard InChI is InChI=1S/C26H27N5O2/c1-30-9-7-21-19(11-17-3-5-18(6-4-17)22-8-10-31(2)29-22)12-23(28-24(21)30)25(32)27-20-13-26(14-20)15-33-16-26/h3-10,12,20H,11,13-16H2,1-2H3,(H,27,32). The van der Waals surface area contributed by atoms with E-state index < -0.39 is 0 Å². The summed E-state index contributed by atoms with van der Waals surface area (Å²) >= 11 is 0.